The lowest BCUT2D eigenvalue weighted by atomic mass is 10.2. The number of rotatable bonds is 2. The van der Waals surface area contributed by atoms with Crippen LogP contribution in [0, 0.1) is 0 Å². The molecule has 1 aliphatic rings. The second kappa shape index (κ2) is 4.76. The summed E-state index contributed by atoms with van der Waals surface area (Å²) in [6, 6.07) is 7.72. The third-order valence-corrected chi connectivity index (χ3v) is 3.06. The molecule has 1 heterocycles. The predicted molar refractivity (Wildman–Crippen MR) is 60.5 cm³/mol. The molecule has 16 heavy (non-hydrogen) atoms. The third kappa shape index (κ3) is 2.68. The van der Waals surface area contributed by atoms with E-state index in [1.807, 2.05) is 24.3 Å². The van der Waals surface area contributed by atoms with Crippen LogP contribution in [0.5, 0.6) is 0 Å². The zero-order chi connectivity index (χ0) is 11.5. The van der Waals surface area contributed by atoms with Gasteiger partial charge in [-0.25, -0.2) is 0 Å². The van der Waals surface area contributed by atoms with E-state index < -0.39 is 11.9 Å². The normalized spacial score (nSPS) is 17.3. The minimum atomic E-state index is -0.483. The summed E-state index contributed by atoms with van der Waals surface area (Å²) in [5.74, 6) is -0.966. The Morgan fingerprint density at radius 1 is 1.19 bits per heavy atom. The summed E-state index contributed by atoms with van der Waals surface area (Å²) in [5, 5.41) is 0. The van der Waals surface area contributed by atoms with Crippen molar-refractivity contribution in [3.05, 3.63) is 34.3 Å². The number of morpholine rings is 1. The van der Waals surface area contributed by atoms with Crippen LogP contribution in [-0.4, -0.2) is 29.9 Å². The lowest BCUT2D eigenvalue weighted by Crippen LogP contribution is -2.42. The highest BCUT2D eigenvalue weighted by atomic mass is 79.9. The maximum atomic E-state index is 11.1. The van der Waals surface area contributed by atoms with Crippen molar-refractivity contribution in [3.8, 4) is 0 Å². The first-order valence-corrected chi connectivity index (χ1v) is 5.64. The molecule has 0 aliphatic carbocycles. The van der Waals surface area contributed by atoms with E-state index in [4.69, 9.17) is 0 Å². The van der Waals surface area contributed by atoms with Gasteiger partial charge in [-0.1, -0.05) is 34.1 Å². The average Bonchev–Trinajstić information content (AvgIpc) is 2.20. The largest absolute Gasteiger partial charge is 0.391 e. The first kappa shape index (κ1) is 11.3. The molecule has 0 aromatic heterocycles. The van der Waals surface area contributed by atoms with Crippen LogP contribution in [0.2, 0.25) is 0 Å². The lowest BCUT2D eigenvalue weighted by molar-refractivity contribution is -0.167. The molecule has 1 aromatic carbocycles. The maximum absolute atomic E-state index is 11.1. The summed E-state index contributed by atoms with van der Waals surface area (Å²) in [6.07, 6.45) is 0. The van der Waals surface area contributed by atoms with Gasteiger partial charge in [0.1, 0.15) is 0 Å². The van der Waals surface area contributed by atoms with Gasteiger partial charge in [0, 0.05) is 11.0 Å². The quantitative estimate of drug-likeness (QED) is 0.607. The number of hydrogen-bond acceptors (Lipinski definition) is 4. The number of hydrogen-bond donors (Lipinski definition) is 0. The van der Waals surface area contributed by atoms with Crippen molar-refractivity contribution in [2.24, 2.45) is 0 Å². The first-order chi connectivity index (χ1) is 7.65. The van der Waals surface area contributed by atoms with E-state index in [2.05, 4.69) is 20.7 Å². The Bertz CT molecular complexity index is 417. The molecule has 0 N–H and O–H groups in total. The van der Waals surface area contributed by atoms with E-state index in [1.54, 1.807) is 4.90 Å². The fourth-order valence-corrected chi connectivity index (χ4v) is 2.00. The maximum Gasteiger partial charge on any atom is 0.327 e. The van der Waals surface area contributed by atoms with Crippen molar-refractivity contribution >= 4 is 27.9 Å². The summed E-state index contributed by atoms with van der Waals surface area (Å²) in [4.78, 5) is 23.9. The van der Waals surface area contributed by atoms with Crippen LogP contribution in [0.1, 0.15) is 5.56 Å². The van der Waals surface area contributed by atoms with E-state index in [9.17, 15) is 9.59 Å². The summed E-state index contributed by atoms with van der Waals surface area (Å²) in [5.41, 5.74) is 1.05. The second-order valence-corrected chi connectivity index (χ2v) is 4.44. The molecule has 1 aliphatic heterocycles. The van der Waals surface area contributed by atoms with Crippen LogP contribution in [0.4, 0.5) is 0 Å². The van der Waals surface area contributed by atoms with Gasteiger partial charge in [-0.05, 0) is 11.6 Å². The highest BCUT2D eigenvalue weighted by Gasteiger charge is 2.24. The van der Waals surface area contributed by atoms with Gasteiger partial charge < -0.3 is 4.74 Å². The third-order valence-electron chi connectivity index (χ3n) is 2.28. The molecule has 1 aromatic rings. The van der Waals surface area contributed by atoms with Gasteiger partial charge >= 0.3 is 11.9 Å². The highest BCUT2D eigenvalue weighted by Crippen LogP contribution is 2.18. The minimum Gasteiger partial charge on any atom is -0.391 e. The van der Waals surface area contributed by atoms with Crippen molar-refractivity contribution < 1.29 is 14.3 Å². The fraction of sp³-hybridized carbons (Fsp3) is 0.273. The lowest BCUT2D eigenvalue weighted by Gasteiger charge is -2.24. The first-order valence-electron chi connectivity index (χ1n) is 4.84. The standard InChI is InChI=1S/C11H10BrNO3/c12-9-4-2-1-3-8(9)5-13-6-10(14)16-11(15)7-13/h1-4H,5-7H2. The monoisotopic (exact) mass is 283 g/mol. The molecule has 1 saturated heterocycles. The number of cyclic esters (lactones) is 2. The SMILES string of the molecule is O=C1CN(Cc2ccccc2Br)CC(=O)O1. The zero-order valence-corrected chi connectivity index (χ0v) is 10.1. The molecule has 0 bridgehead atoms. The summed E-state index contributed by atoms with van der Waals surface area (Å²) in [6.45, 7) is 0.877. The van der Waals surface area contributed by atoms with Gasteiger partial charge in [-0.3, -0.25) is 14.5 Å². The fourth-order valence-electron chi connectivity index (χ4n) is 1.59. The topological polar surface area (TPSA) is 46.6 Å². The number of carbonyl (C=O) groups is 2. The van der Waals surface area contributed by atoms with E-state index in [-0.39, 0.29) is 13.1 Å². The Morgan fingerprint density at radius 3 is 2.44 bits per heavy atom. The van der Waals surface area contributed by atoms with Crippen LogP contribution in [0.15, 0.2) is 28.7 Å². The number of nitrogens with zero attached hydrogens (tertiary/aromatic N) is 1. The molecule has 1 fully saturated rings. The molecule has 0 spiro atoms. The van der Waals surface area contributed by atoms with Crippen LogP contribution >= 0.6 is 15.9 Å². The molecule has 0 saturated carbocycles. The summed E-state index contributed by atoms with van der Waals surface area (Å²) >= 11 is 3.43. The molecule has 0 amide bonds. The number of ether oxygens (including phenoxy) is 1. The Morgan fingerprint density at radius 2 is 1.81 bits per heavy atom. The van der Waals surface area contributed by atoms with Gasteiger partial charge in [0.05, 0.1) is 13.1 Å². The van der Waals surface area contributed by atoms with Crippen LogP contribution < -0.4 is 0 Å². The van der Waals surface area contributed by atoms with Crippen LogP contribution in [0.3, 0.4) is 0 Å². The van der Waals surface area contributed by atoms with Crippen molar-refractivity contribution in [2.75, 3.05) is 13.1 Å². The summed E-state index contributed by atoms with van der Waals surface area (Å²) < 4.78 is 5.43. The number of halogens is 1. The van der Waals surface area contributed by atoms with Crippen molar-refractivity contribution in [1.29, 1.82) is 0 Å². The molecule has 0 unspecified atom stereocenters. The average molecular weight is 284 g/mol. The van der Waals surface area contributed by atoms with Crippen molar-refractivity contribution in [1.82, 2.24) is 4.90 Å². The summed E-state index contributed by atoms with van der Waals surface area (Å²) in [7, 11) is 0. The van der Waals surface area contributed by atoms with E-state index in [0.717, 1.165) is 10.0 Å². The van der Waals surface area contributed by atoms with E-state index in [1.165, 1.54) is 0 Å². The second-order valence-electron chi connectivity index (χ2n) is 3.58. The Hall–Kier alpha value is -1.20. The van der Waals surface area contributed by atoms with Crippen LogP contribution in [-0.2, 0) is 20.9 Å². The molecule has 4 nitrogen and oxygen atoms in total. The zero-order valence-electron chi connectivity index (χ0n) is 8.48. The van der Waals surface area contributed by atoms with Gasteiger partial charge in [-0.2, -0.15) is 0 Å². The van der Waals surface area contributed by atoms with Crippen molar-refractivity contribution in [2.45, 2.75) is 6.54 Å². The minimum absolute atomic E-state index is 0.160. The predicted octanol–water partition coefficient (Wildman–Crippen LogP) is 1.33. The molecule has 2 rings (SSSR count). The molecule has 84 valence electrons. The molecular formula is C11H10BrNO3. The molecule has 0 radical (unpaired) electrons. The van der Waals surface area contributed by atoms with Crippen molar-refractivity contribution in [3.63, 3.8) is 0 Å². The van der Waals surface area contributed by atoms with Gasteiger partial charge in [0.2, 0.25) is 0 Å². The highest BCUT2D eigenvalue weighted by molar-refractivity contribution is 9.10. The van der Waals surface area contributed by atoms with E-state index in [0.29, 0.717) is 6.54 Å². The Kier molecular flexibility index (Phi) is 3.36. The van der Waals surface area contributed by atoms with E-state index >= 15 is 0 Å². The van der Waals surface area contributed by atoms with Gasteiger partial charge in [0.25, 0.3) is 0 Å². The number of esters is 2. The number of carbonyl (C=O) groups excluding carboxylic acids is 2. The smallest absolute Gasteiger partial charge is 0.327 e. The van der Waals surface area contributed by atoms with Gasteiger partial charge in [-0.15, -0.1) is 0 Å². The molecule has 0 atom stereocenters. The molecule has 5 heteroatoms. The Labute approximate surface area is 101 Å². The Balaban J connectivity index is 2.07. The van der Waals surface area contributed by atoms with Gasteiger partial charge in [0.15, 0.2) is 0 Å². The number of benzene rings is 1. The molecular weight excluding hydrogens is 274 g/mol. The van der Waals surface area contributed by atoms with Crippen LogP contribution in [0.25, 0.3) is 0 Å².